The number of halogens is 2. The summed E-state index contributed by atoms with van der Waals surface area (Å²) in [5, 5.41) is 11.9. The van der Waals surface area contributed by atoms with Gasteiger partial charge in [0, 0.05) is 6.54 Å². The number of nitrogens with one attached hydrogen (secondary N) is 1. The van der Waals surface area contributed by atoms with Crippen LogP contribution in [0.5, 0.6) is 0 Å². The first-order chi connectivity index (χ1) is 6.09. The van der Waals surface area contributed by atoms with Gasteiger partial charge >= 0.3 is 0 Å². The fourth-order valence-corrected chi connectivity index (χ4v) is 1.42. The monoisotopic (exact) mass is 296 g/mol. The van der Waals surface area contributed by atoms with Crippen molar-refractivity contribution < 1.29 is 9.50 Å². The molecule has 1 atom stereocenters. The van der Waals surface area contributed by atoms with Crippen LogP contribution in [0.4, 0.5) is 10.2 Å². The molecule has 0 aliphatic heterocycles. The molecule has 3 nitrogen and oxygen atoms in total. The molecule has 2 N–H and O–H groups in total. The number of anilines is 1. The van der Waals surface area contributed by atoms with Crippen LogP contribution in [0.2, 0.25) is 0 Å². The van der Waals surface area contributed by atoms with E-state index in [1.54, 1.807) is 6.92 Å². The number of rotatable bonds is 3. The number of aromatic nitrogens is 1. The van der Waals surface area contributed by atoms with E-state index < -0.39 is 6.10 Å². The second-order valence-corrected chi connectivity index (χ2v) is 3.88. The minimum Gasteiger partial charge on any atom is -0.392 e. The second kappa shape index (κ2) is 4.71. The fourth-order valence-electron chi connectivity index (χ4n) is 0.789. The highest BCUT2D eigenvalue weighted by atomic mass is 127. The van der Waals surface area contributed by atoms with Crippen LogP contribution in [0.1, 0.15) is 6.92 Å². The summed E-state index contributed by atoms with van der Waals surface area (Å²) in [4.78, 5) is 3.85. The molecule has 1 heterocycles. The molecule has 0 unspecified atom stereocenters. The molecular formula is C8H10FIN2O. The van der Waals surface area contributed by atoms with Gasteiger partial charge in [-0.3, -0.25) is 0 Å². The minimum absolute atomic E-state index is 0.355. The molecule has 0 aromatic carbocycles. The van der Waals surface area contributed by atoms with Crippen molar-refractivity contribution in [2.75, 3.05) is 11.9 Å². The lowest BCUT2D eigenvalue weighted by Crippen LogP contribution is -2.16. The molecule has 0 radical (unpaired) electrons. The Balaban J connectivity index is 2.67. The SMILES string of the molecule is C[C@@H](O)CNc1ncc(F)cc1I. The Morgan fingerprint density at radius 3 is 3.00 bits per heavy atom. The van der Waals surface area contributed by atoms with Crippen molar-refractivity contribution in [3.8, 4) is 0 Å². The summed E-state index contributed by atoms with van der Waals surface area (Å²) in [7, 11) is 0. The van der Waals surface area contributed by atoms with E-state index in [0.29, 0.717) is 15.9 Å². The Morgan fingerprint density at radius 2 is 2.46 bits per heavy atom. The molecular weight excluding hydrogens is 286 g/mol. The van der Waals surface area contributed by atoms with Gasteiger partial charge in [0.2, 0.25) is 0 Å². The first kappa shape index (κ1) is 10.6. The van der Waals surface area contributed by atoms with Crippen LogP contribution >= 0.6 is 22.6 Å². The molecule has 0 amide bonds. The van der Waals surface area contributed by atoms with Crippen molar-refractivity contribution in [3.05, 3.63) is 21.7 Å². The summed E-state index contributed by atoms with van der Waals surface area (Å²) in [6.45, 7) is 2.08. The largest absolute Gasteiger partial charge is 0.392 e. The molecule has 0 spiro atoms. The average molecular weight is 296 g/mol. The Labute approximate surface area is 89.5 Å². The Morgan fingerprint density at radius 1 is 1.77 bits per heavy atom. The highest BCUT2D eigenvalue weighted by Crippen LogP contribution is 2.15. The van der Waals surface area contributed by atoms with E-state index in [1.165, 1.54) is 6.07 Å². The molecule has 1 rings (SSSR count). The Bertz CT molecular complexity index is 293. The van der Waals surface area contributed by atoms with Gasteiger partial charge in [-0.25, -0.2) is 9.37 Å². The predicted molar refractivity (Wildman–Crippen MR) is 57.1 cm³/mol. The van der Waals surface area contributed by atoms with Crippen LogP contribution in [-0.2, 0) is 0 Å². The van der Waals surface area contributed by atoms with E-state index >= 15 is 0 Å². The zero-order chi connectivity index (χ0) is 9.84. The number of pyridine rings is 1. The lowest BCUT2D eigenvalue weighted by molar-refractivity contribution is 0.208. The maximum atomic E-state index is 12.6. The van der Waals surface area contributed by atoms with Gasteiger partial charge in [0.15, 0.2) is 0 Å². The quantitative estimate of drug-likeness (QED) is 0.833. The summed E-state index contributed by atoms with van der Waals surface area (Å²) in [6, 6.07) is 1.39. The standard InChI is InChI=1S/C8H10FIN2O/c1-5(13)3-11-8-7(10)2-6(9)4-12-8/h2,4-5,13H,3H2,1H3,(H,11,12)/t5-/m1/s1. The van der Waals surface area contributed by atoms with E-state index in [1.807, 2.05) is 22.6 Å². The van der Waals surface area contributed by atoms with Crippen molar-refractivity contribution in [1.29, 1.82) is 0 Å². The van der Waals surface area contributed by atoms with Gasteiger partial charge in [0.05, 0.1) is 15.9 Å². The molecule has 13 heavy (non-hydrogen) atoms. The summed E-state index contributed by atoms with van der Waals surface area (Å²) in [5.41, 5.74) is 0. The van der Waals surface area contributed by atoms with Gasteiger partial charge in [-0.05, 0) is 35.6 Å². The molecule has 5 heteroatoms. The Kier molecular flexibility index (Phi) is 3.86. The van der Waals surface area contributed by atoms with E-state index in [-0.39, 0.29) is 5.82 Å². The van der Waals surface area contributed by atoms with Crippen LogP contribution in [0.25, 0.3) is 0 Å². The van der Waals surface area contributed by atoms with E-state index in [0.717, 1.165) is 6.20 Å². The molecule has 1 aromatic heterocycles. The van der Waals surface area contributed by atoms with E-state index in [9.17, 15) is 4.39 Å². The maximum absolute atomic E-state index is 12.6. The van der Waals surface area contributed by atoms with Crippen molar-refractivity contribution in [1.82, 2.24) is 4.98 Å². The van der Waals surface area contributed by atoms with E-state index in [2.05, 4.69) is 10.3 Å². The zero-order valence-corrected chi connectivity index (χ0v) is 9.25. The fraction of sp³-hybridized carbons (Fsp3) is 0.375. The molecule has 1 aromatic rings. The molecule has 0 aliphatic rings. The van der Waals surface area contributed by atoms with Crippen molar-refractivity contribution in [2.45, 2.75) is 13.0 Å². The summed E-state index contributed by atoms with van der Waals surface area (Å²) in [6.07, 6.45) is 0.703. The van der Waals surface area contributed by atoms with Crippen LogP contribution in [0.3, 0.4) is 0 Å². The summed E-state index contributed by atoms with van der Waals surface area (Å²) < 4.78 is 13.3. The van der Waals surface area contributed by atoms with E-state index in [4.69, 9.17) is 5.11 Å². The average Bonchev–Trinajstić information content (AvgIpc) is 2.02. The molecule has 72 valence electrons. The lowest BCUT2D eigenvalue weighted by atomic mass is 10.4. The molecule has 0 saturated heterocycles. The van der Waals surface area contributed by atoms with Gasteiger partial charge in [-0.2, -0.15) is 0 Å². The van der Waals surface area contributed by atoms with Crippen molar-refractivity contribution in [3.63, 3.8) is 0 Å². The number of aliphatic hydroxyl groups excluding tert-OH is 1. The third kappa shape index (κ3) is 3.43. The van der Waals surface area contributed by atoms with Crippen LogP contribution < -0.4 is 5.32 Å². The topological polar surface area (TPSA) is 45.1 Å². The smallest absolute Gasteiger partial charge is 0.142 e. The normalized spacial score (nSPS) is 12.6. The zero-order valence-electron chi connectivity index (χ0n) is 7.09. The summed E-state index contributed by atoms with van der Waals surface area (Å²) in [5.74, 6) is 0.245. The lowest BCUT2D eigenvalue weighted by Gasteiger charge is -2.08. The number of aliphatic hydroxyl groups is 1. The van der Waals surface area contributed by atoms with Crippen LogP contribution in [-0.4, -0.2) is 22.7 Å². The maximum Gasteiger partial charge on any atom is 0.142 e. The summed E-state index contributed by atoms with van der Waals surface area (Å²) >= 11 is 1.99. The highest BCUT2D eigenvalue weighted by Gasteiger charge is 2.03. The Hall–Kier alpha value is -0.430. The highest BCUT2D eigenvalue weighted by molar-refractivity contribution is 14.1. The number of hydrogen-bond acceptors (Lipinski definition) is 3. The number of hydrogen-bond donors (Lipinski definition) is 2. The molecule has 0 bridgehead atoms. The third-order valence-corrected chi connectivity index (χ3v) is 2.20. The van der Waals surface area contributed by atoms with Crippen molar-refractivity contribution >= 4 is 28.4 Å². The predicted octanol–water partition coefficient (Wildman–Crippen LogP) is 1.62. The first-order valence-electron chi connectivity index (χ1n) is 3.82. The van der Waals surface area contributed by atoms with Gasteiger partial charge in [0.25, 0.3) is 0 Å². The molecule has 0 aliphatic carbocycles. The van der Waals surface area contributed by atoms with Crippen LogP contribution in [0.15, 0.2) is 12.3 Å². The second-order valence-electron chi connectivity index (χ2n) is 2.71. The molecule has 0 saturated carbocycles. The third-order valence-electron chi connectivity index (χ3n) is 1.37. The van der Waals surface area contributed by atoms with Crippen molar-refractivity contribution in [2.24, 2.45) is 0 Å². The molecule has 0 fully saturated rings. The number of nitrogens with zero attached hydrogens (tertiary/aromatic N) is 1. The van der Waals surface area contributed by atoms with Gasteiger partial charge < -0.3 is 10.4 Å². The first-order valence-corrected chi connectivity index (χ1v) is 4.90. The minimum atomic E-state index is -0.442. The van der Waals surface area contributed by atoms with Gasteiger partial charge in [-0.1, -0.05) is 0 Å². The van der Waals surface area contributed by atoms with Gasteiger partial charge in [0.1, 0.15) is 11.6 Å². The van der Waals surface area contributed by atoms with Crippen LogP contribution in [0, 0.1) is 9.39 Å². The van der Waals surface area contributed by atoms with Gasteiger partial charge in [-0.15, -0.1) is 0 Å².